The molecule has 0 bridgehead atoms. The van der Waals surface area contributed by atoms with Gasteiger partial charge in [-0.25, -0.2) is 0 Å². The second kappa shape index (κ2) is 5.40. The summed E-state index contributed by atoms with van der Waals surface area (Å²) < 4.78 is 45.2. The number of benzene rings is 1. The minimum atomic E-state index is -4.71. The molecule has 0 fully saturated rings. The first kappa shape index (κ1) is 13.1. The van der Waals surface area contributed by atoms with E-state index in [4.69, 9.17) is 10.5 Å². The number of nitrogens with two attached hydrogens (primary N) is 1. The van der Waals surface area contributed by atoms with Crippen LogP contribution in [0.2, 0.25) is 0 Å². The molecule has 7 heteroatoms. The molecular weight excluding hydrogens is 291 g/mol. The van der Waals surface area contributed by atoms with Crippen LogP contribution in [-0.4, -0.2) is 19.5 Å². The lowest BCUT2D eigenvalue weighted by Crippen LogP contribution is -2.17. The number of rotatable bonds is 4. The van der Waals surface area contributed by atoms with Gasteiger partial charge in [0, 0.05) is 12.6 Å². The predicted molar refractivity (Wildman–Crippen MR) is 55.4 cm³/mol. The van der Waals surface area contributed by atoms with Crippen molar-refractivity contribution in [3.8, 4) is 11.5 Å². The Balaban J connectivity index is 2.81. The molecule has 1 aromatic carbocycles. The van der Waals surface area contributed by atoms with Crippen molar-refractivity contribution in [1.82, 2.24) is 0 Å². The average molecular weight is 300 g/mol. The predicted octanol–water partition coefficient (Wildman–Crippen LogP) is 2.69. The fourth-order valence-electron chi connectivity index (χ4n) is 0.960. The largest absolute Gasteiger partial charge is 0.573 e. The molecule has 1 rings (SSSR count). The Kier molecular flexibility index (Phi) is 4.43. The van der Waals surface area contributed by atoms with Crippen LogP contribution < -0.4 is 15.2 Å². The number of hydrogen-bond acceptors (Lipinski definition) is 3. The summed E-state index contributed by atoms with van der Waals surface area (Å²) in [4.78, 5) is 0. The van der Waals surface area contributed by atoms with Gasteiger partial charge in [0.2, 0.25) is 0 Å². The van der Waals surface area contributed by atoms with E-state index in [1.807, 2.05) is 0 Å². The fraction of sp³-hybridized carbons (Fsp3) is 0.333. The molecule has 0 aromatic heterocycles. The summed E-state index contributed by atoms with van der Waals surface area (Å²) in [5.41, 5.74) is 5.21. The summed E-state index contributed by atoms with van der Waals surface area (Å²) in [5, 5.41) is 0. The lowest BCUT2D eigenvalue weighted by Gasteiger charge is -2.11. The van der Waals surface area contributed by atoms with Crippen LogP contribution in [0.3, 0.4) is 0 Å². The second-order valence-corrected chi connectivity index (χ2v) is 3.63. The van der Waals surface area contributed by atoms with Gasteiger partial charge in [0.1, 0.15) is 18.1 Å². The molecule has 0 radical (unpaired) electrons. The Labute approximate surface area is 98.5 Å². The summed E-state index contributed by atoms with van der Waals surface area (Å²) in [7, 11) is 0. The van der Waals surface area contributed by atoms with Gasteiger partial charge < -0.3 is 15.2 Å². The number of halogens is 4. The average Bonchev–Trinajstić information content (AvgIpc) is 2.17. The Hall–Kier alpha value is -0.950. The van der Waals surface area contributed by atoms with Crippen LogP contribution >= 0.6 is 15.9 Å². The molecule has 0 aliphatic carbocycles. The fourth-order valence-corrected chi connectivity index (χ4v) is 1.32. The molecule has 0 heterocycles. The van der Waals surface area contributed by atoms with E-state index >= 15 is 0 Å². The SMILES string of the molecule is NCCOc1cc(OC(F)(F)F)ccc1Br. The molecule has 0 spiro atoms. The van der Waals surface area contributed by atoms with Crippen molar-refractivity contribution >= 4 is 15.9 Å². The summed E-state index contributed by atoms with van der Waals surface area (Å²) in [6, 6.07) is 3.74. The van der Waals surface area contributed by atoms with E-state index in [0.29, 0.717) is 4.47 Å². The quantitative estimate of drug-likeness (QED) is 0.930. The van der Waals surface area contributed by atoms with E-state index in [1.165, 1.54) is 12.1 Å². The van der Waals surface area contributed by atoms with Crippen molar-refractivity contribution in [2.75, 3.05) is 13.2 Å². The third-order valence-corrected chi connectivity index (χ3v) is 2.17. The van der Waals surface area contributed by atoms with Crippen molar-refractivity contribution in [2.45, 2.75) is 6.36 Å². The van der Waals surface area contributed by atoms with E-state index in [-0.39, 0.29) is 24.7 Å². The molecule has 90 valence electrons. The molecule has 3 nitrogen and oxygen atoms in total. The van der Waals surface area contributed by atoms with Crippen molar-refractivity contribution in [1.29, 1.82) is 0 Å². The molecule has 2 N–H and O–H groups in total. The Bertz CT molecular complexity index is 357. The van der Waals surface area contributed by atoms with Gasteiger partial charge in [-0.15, -0.1) is 13.2 Å². The molecule has 1 aromatic rings. The molecule has 0 unspecified atom stereocenters. The van der Waals surface area contributed by atoms with Crippen LogP contribution in [-0.2, 0) is 0 Å². The highest BCUT2D eigenvalue weighted by Gasteiger charge is 2.31. The normalized spacial score (nSPS) is 11.3. The monoisotopic (exact) mass is 299 g/mol. The van der Waals surface area contributed by atoms with Gasteiger partial charge in [0.15, 0.2) is 0 Å². The van der Waals surface area contributed by atoms with Crippen LogP contribution in [0.25, 0.3) is 0 Å². The number of alkyl halides is 3. The van der Waals surface area contributed by atoms with Crippen LogP contribution in [0.4, 0.5) is 13.2 Å². The molecule has 0 saturated carbocycles. The highest BCUT2D eigenvalue weighted by atomic mass is 79.9. The van der Waals surface area contributed by atoms with Gasteiger partial charge in [-0.2, -0.15) is 0 Å². The van der Waals surface area contributed by atoms with E-state index in [2.05, 4.69) is 20.7 Å². The summed E-state index contributed by atoms with van der Waals surface area (Å²) in [6.07, 6.45) is -4.71. The highest BCUT2D eigenvalue weighted by molar-refractivity contribution is 9.10. The van der Waals surface area contributed by atoms with E-state index in [0.717, 1.165) is 6.07 Å². The standard InChI is InChI=1S/C9H9BrF3NO2/c10-7-2-1-6(16-9(11,12)13)5-8(7)15-4-3-14/h1-2,5H,3-4,14H2. The summed E-state index contributed by atoms with van der Waals surface area (Å²) in [5.74, 6) is -0.0741. The Morgan fingerprint density at radius 2 is 2.00 bits per heavy atom. The summed E-state index contributed by atoms with van der Waals surface area (Å²) in [6.45, 7) is 0.491. The first-order valence-electron chi connectivity index (χ1n) is 4.30. The Morgan fingerprint density at radius 1 is 1.31 bits per heavy atom. The first-order valence-corrected chi connectivity index (χ1v) is 5.10. The van der Waals surface area contributed by atoms with E-state index in [1.54, 1.807) is 0 Å². The highest BCUT2D eigenvalue weighted by Crippen LogP contribution is 2.32. The molecule has 0 saturated heterocycles. The molecule has 16 heavy (non-hydrogen) atoms. The zero-order valence-electron chi connectivity index (χ0n) is 8.05. The number of ether oxygens (including phenoxy) is 2. The van der Waals surface area contributed by atoms with Crippen LogP contribution in [0.1, 0.15) is 0 Å². The van der Waals surface area contributed by atoms with Gasteiger partial charge >= 0.3 is 6.36 Å². The van der Waals surface area contributed by atoms with Crippen LogP contribution in [0.5, 0.6) is 11.5 Å². The second-order valence-electron chi connectivity index (χ2n) is 2.78. The third kappa shape index (κ3) is 4.28. The lowest BCUT2D eigenvalue weighted by atomic mass is 10.3. The zero-order chi connectivity index (χ0) is 12.2. The maximum atomic E-state index is 11.9. The molecule has 0 amide bonds. The van der Waals surface area contributed by atoms with Gasteiger partial charge in [-0.1, -0.05) is 0 Å². The maximum absolute atomic E-state index is 11.9. The van der Waals surface area contributed by atoms with Gasteiger partial charge in [0.05, 0.1) is 4.47 Å². The van der Waals surface area contributed by atoms with Crippen LogP contribution in [0.15, 0.2) is 22.7 Å². The molecular formula is C9H9BrF3NO2. The minimum Gasteiger partial charge on any atom is -0.491 e. The van der Waals surface area contributed by atoms with Crippen molar-refractivity contribution < 1.29 is 22.6 Å². The number of hydrogen-bond donors (Lipinski definition) is 1. The smallest absolute Gasteiger partial charge is 0.491 e. The molecule has 0 atom stereocenters. The third-order valence-electron chi connectivity index (χ3n) is 1.51. The van der Waals surface area contributed by atoms with E-state index in [9.17, 15) is 13.2 Å². The Morgan fingerprint density at radius 3 is 2.56 bits per heavy atom. The van der Waals surface area contributed by atoms with Gasteiger partial charge in [0.25, 0.3) is 0 Å². The molecule has 0 aliphatic heterocycles. The molecule has 0 aliphatic rings. The van der Waals surface area contributed by atoms with Crippen molar-refractivity contribution in [3.05, 3.63) is 22.7 Å². The van der Waals surface area contributed by atoms with Crippen LogP contribution in [0, 0.1) is 0 Å². The lowest BCUT2D eigenvalue weighted by molar-refractivity contribution is -0.274. The van der Waals surface area contributed by atoms with Crippen molar-refractivity contribution in [2.24, 2.45) is 5.73 Å². The van der Waals surface area contributed by atoms with Crippen molar-refractivity contribution in [3.63, 3.8) is 0 Å². The van der Waals surface area contributed by atoms with E-state index < -0.39 is 6.36 Å². The summed E-state index contributed by atoms with van der Waals surface area (Å²) >= 11 is 3.14. The van der Waals surface area contributed by atoms with Gasteiger partial charge in [-0.3, -0.25) is 0 Å². The van der Waals surface area contributed by atoms with Gasteiger partial charge in [-0.05, 0) is 28.1 Å². The zero-order valence-corrected chi connectivity index (χ0v) is 9.64. The minimum absolute atomic E-state index is 0.216. The maximum Gasteiger partial charge on any atom is 0.573 e. The topological polar surface area (TPSA) is 44.5 Å². The first-order chi connectivity index (χ1) is 7.42.